The quantitative estimate of drug-likeness (QED) is 0.424. The molecular formula is C18H24N2O7. The molecule has 1 fully saturated rings. The Balaban J connectivity index is 1.82. The summed E-state index contributed by atoms with van der Waals surface area (Å²) in [4.78, 5) is 37.2. The van der Waals surface area contributed by atoms with Crippen LogP contribution in [0.4, 0.5) is 0 Å². The summed E-state index contributed by atoms with van der Waals surface area (Å²) < 4.78 is 4.77. The van der Waals surface area contributed by atoms with Gasteiger partial charge in [0, 0.05) is 31.1 Å². The summed E-state index contributed by atoms with van der Waals surface area (Å²) in [5.41, 5.74) is 0.0692. The molecule has 0 bridgehead atoms. The SMILES string of the molecule is CCOC(=O)CCC(=O)NC1CCN(C(=O)c2cc(O)c(O)c(O)c2)CC1. The maximum Gasteiger partial charge on any atom is 0.306 e. The Kier molecular flexibility index (Phi) is 6.86. The Morgan fingerprint density at radius 3 is 2.26 bits per heavy atom. The predicted octanol–water partition coefficient (Wildman–Crippen LogP) is 0.867. The third-order valence-electron chi connectivity index (χ3n) is 4.33. The molecule has 27 heavy (non-hydrogen) atoms. The van der Waals surface area contributed by atoms with Crippen molar-refractivity contribution in [1.82, 2.24) is 10.2 Å². The average molecular weight is 380 g/mol. The van der Waals surface area contributed by atoms with Crippen molar-refractivity contribution in [2.24, 2.45) is 0 Å². The highest BCUT2D eigenvalue weighted by molar-refractivity contribution is 5.95. The Labute approximate surface area is 156 Å². The van der Waals surface area contributed by atoms with Crippen LogP contribution in [-0.4, -0.2) is 63.7 Å². The molecule has 1 aromatic rings. The predicted molar refractivity (Wildman–Crippen MR) is 94.4 cm³/mol. The van der Waals surface area contributed by atoms with Crippen LogP contribution < -0.4 is 5.32 Å². The van der Waals surface area contributed by atoms with E-state index in [-0.39, 0.29) is 42.9 Å². The van der Waals surface area contributed by atoms with E-state index in [0.717, 1.165) is 12.1 Å². The van der Waals surface area contributed by atoms with E-state index in [4.69, 9.17) is 4.74 Å². The minimum atomic E-state index is -0.671. The van der Waals surface area contributed by atoms with Crippen molar-refractivity contribution in [3.63, 3.8) is 0 Å². The zero-order chi connectivity index (χ0) is 20.0. The van der Waals surface area contributed by atoms with E-state index in [1.165, 1.54) is 0 Å². The smallest absolute Gasteiger partial charge is 0.306 e. The zero-order valence-electron chi connectivity index (χ0n) is 15.1. The number of rotatable bonds is 6. The average Bonchev–Trinajstić information content (AvgIpc) is 2.64. The third-order valence-corrected chi connectivity index (χ3v) is 4.33. The highest BCUT2D eigenvalue weighted by Gasteiger charge is 2.26. The number of esters is 1. The number of phenolic OH excluding ortho intramolecular Hbond substituents is 3. The molecule has 0 unspecified atom stereocenters. The highest BCUT2D eigenvalue weighted by atomic mass is 16.5. The molecule has 0 spiro atoms. The lowest BCUT2D eigenvalue weighted by Gasteiger charge is -2.32. The minimum Gasteiger partial charge on any atom is -0.504 e. The van der Waals surface area contributed by atoms with Gasteiger partial charge in [-0.15, -0.1) is 0 Å². The standard InChI is InChI=1S/C18H24N2O7/c1-2-27-16(24)4-3-15(23)19-12-5-7-20(8-6-12)18(26)11-9-13(21)17(25)14(22)10-11/h9-10,12,21-22,25H,2-8H2,1H3,(H,19,23). The fourth-order valence-corrected chi connectivity index (χ4v) is 2.89. The van der Waals surface area contributed by atoms with Crippen LogP contribution in [0.1, 0.15) is 43.0 Å². The van der Waals surface area contributed by atoms with E-state index >= 15 is 0 Å². The van der Waals surface area contributed by atoms with Gasteiger partial charge in [0.2, 0.25) is 5.91 Å². The number of aromatic hydroxyl groups is 3. The van der Waals surface area contributed by atoms with Gasteiger partial charge in [-0.3, -0.25) is 14.4 Å². The van der Waals surface area contributed by atoms with Crippen molar-refractivity contribution in [2.75, 3.05) is 19.7 Å². The monoisotopic (exact) mass is 380 g/mol. The van der Waals surface area contributed by atoms with E-state index in [2.05, 4.69) is 5.32 Å². The van der Waals surface area contributed by atoms with Gasteiger partial charge in [0.1, 0.15) is 0 Å². The highest BCUT2D eigenvalue weighted by Crippen LogP contribution is 2.35. The largest absolute Gasteiger partial charge is 0.504 e. The molecule has 9 heteroatoms. The van der Waals surface area contributed by atoms with E-state index in [1.807, 2.05) is 0 Å². The topological polar surface area (TPSA) is 136 Å². The van der Waals surface area contributed by atoms with Gasteiger partial charge in [-0.1, -0.05) is 0 Å². The van der Waals surface area contributed by atoms with E-state index in [1.54, 1.807) is 11.8 Å². The summed E-state index contributed by atoms with van der Waals surface area (Å²) in [7, 11) is 0. The van der Waals surface area contributed by atoms with E-state index in [9.17, 15) is 29.7 Å². The van der Waals surface area contributed by atoms with Crippen LogP contribution >= 0.6 is 0 Å². The number of phenols is 3. The molecule has 0 atom stereocenters. The Bertz CT molecular complexity index is 689. The van der Waals surface area contributed by atoms with Crippen molar-refractivity contribution in [3.05, 3.63) is 17.7 Å². The van der Waals surface area contributed by atoms with Gasteiger partial charge in [0.25, 0.3) is 5.91 Å². The summed E-state index contributed by atoms with van der Waals surface area (Å²) in [5.74, 6) is -2.83. The molecule has 0 aliphatic carbocycles. The lowest BCUT2D eigenvalue weighted by Crippen LogP contribution is -2.46. The van der Waals surface area contributed by atoms with E-state index < -0.39 is 23.2 Å². The fourth-order valence-electron chi connectivity index (χ4n) is 2.89. The van der Waals surface area contributed by atoms with Crippen LogP contribution in [0, 0.1) is 0 Å². The first-order valence-electron chi connectivity index (χ1n) is 8.81. The molecule has 4 N–H and O–H groups in total. The second-order valence-corrected chi connectivity index (χ2v) is 6.30. The second kappa shape index (κ2) is 9.11. The van der Waals surface area contributed by atoms with Crippen molar-refractivity contribution in [2.45, 2.75) is 38.6 Å². The Morgan fingerprint density at radius 1 is 1.11 bits per heavy atom. The molecular weight excluding hydrogens is 356 g/mol. The molecule has 2 rings (SSSR count). The van der Waals surface area contributed by atoms with Crippen molar-refractivity contribution >= 4 is 17.8 Å². The molecule has 1 heterocycles. The molecule has 2 amide bonds. The first-order chi connectivity index (χ1) is 12.8. The van der Waals surface area contributed by atoms with Crippen LogP contribution in [0.25, 0.3) is 0 Å². The maximum atomic E-state index is 12.5. The number of nitrogens with zero attached hydrogens (tertiary/aromatic N) is 1. The van der Waals surface area contributed by atoms with Gasteiger partial charge in [0.05, 0.1) is 13.0 Å². The molecule has 0 saturated carbocycles. The lowest BCUT2D eigenvalue weighted by atomic mass is 10.0. The van der Waals surface area contributed by atoms with Crippen LogP contribution in [-0.2, 0) is 14.3 Å². The summed E-state index contributed by atoms with van der Waals surface area (Å²) in [6.45, 7) is 2.77. The number of likely N-dealkylation sites (tertiary alicyclic amines) is 1. The molecule has 9 nitrogen and oxygen atoms in total. The van der Waals surface area contributed by atoms with Crippen LogP contribution in [0.2, 0.25) is 0 Å². The molecule has 1 aliphatic heterocycles. The van der Waals surface area contributed by atoms with Crippen molar-refractivity contribution in [1.29, 1.82) is 0 Å². The second-order valence-electron chi connectivity index (χ2n) is 6.30. The van der Waals surface area contributed by atoms with Gasteiger partial charge < -0.3 is 30.3 Å². The number of hydrogen-bond donors (Lipinski definition) is 4. The van der Waals surface area contributed by atoms with E-state index in [0.29, 0.717) is 25.9 Å². The molecule has 148 valence electrons. The number of amides is 2. The van der Waals surface area contributed by atoms with Crippen LogP contribution in [0.15, 0.2) is 12.1 Å². The van der Waals surface area contributed by atoms with Gasteiger partial charge in [-0.2, -0.15) is 0 Å². The first kappa shape index (κ1) is 20.3. The minimum absolute atomic E-state index is 0.0326. The number of carbonyl (C=O) groups is 3. The van der Waals surface area contributed by atoms with Gasteiger partial charge in [0.15, 0.2) is 17.2 Å². The molecule has 1 aliphatic rings. The van der Waals surface area contributed by atoms with Crippen LogP contribution in [0.5, 0.6) is 17.2 Å². The number of benzene rings is 1. The summed E-state index contributed by atoms with van der Waals surface area (Å²) in [6, 6.07) is 2.10. The maximum absolute atomic E-state index is 12.5. The molecule has 0 aromatic heterocycles. The summed E-state index contributed by atoms with van der Waals surface area (Å²) >= 11 is 0. The fraction of sp³-hybridized carbons (Fsp3) is 0.500. The Morgan fingerprint density at radius 2 is 1.70 bits per heavy atom. The number of ether oxygens (including phenoxy) is 1. The van der Waals surface area contributed by atoms with Gasteiger partial charge in [-0.05, 0) is 31.9 Å². The number of piperidine rings is 1. The zero-order valence-corrected chi connectivity index (χ0v) is 15.1. The molecule has 1 saturated heterocycles. The number of hydrogen-bond acceptors (Lipinski definition) is 7. The summed E-state index contributed by atoms with van der Waals surface area (Å²) in [6.07, 6.45) is 1.19. The van der Waals surface area contributed by atoms with Crippen molar-refractivity contribution < 1.29 is 34.4 Å². The lowest BCUT2D eigenvalue weighted by molar-refractivity contribution is -0.144. The van der Waals surface area contributed by atoms with Crippen LogP contribution in [0.3, 0.4) is 0 Å². The van der Waals surface area contributed by atoms with Crippen molar-refractivity contribution in [3.8, 4) is 17.2 Å². The first-order valence-corrected chi connectivity index (χ1v) is 8.81. The van der Waals surface area contributed by atoms with Gasteiger partial charge >= 0.3 is 5.97 Å². The third kappa shape index (κ3) is 5.50. The molecule has 1 aromatic carbocycles. The van der Waals surface area contributed by atoms with Gasteiger partial charge in [-0.25, -0.2) is 0 Å². The molecule has 0 radical (unpaired) electrons. The summed E-state index contributed by atoms with van der Waals surface area (Å²) in [5, 5.41) is 31.3. The number of nitrogens with one attached hydrogen (secondary N) is 1. The Hall–Kier alpha value is -2.97. The number of carbonyl (C=O) groups excluding carboxylic acids is 3. The normalized spacial score (nSPS) is 14.6.